The summed E-state index contributed by atoms with van der Waals surface area (Å²) in [5.41, 5.74) is 1.76. The second-order valence-electron chi connectivity index (χ2n) is 6.43. The highest BCUT2D eigenvalue weighted by Crippen LogP contribution is 2.26. The van der Waals surface area contributed by atoms with Gasteiger partial charge in [-0.05, 0) is 32.4 Å². The molecule has 6 heteroatoms. The number of hydrogen-bond acceptors (Lipinski definition) is 5. The van der Waals surface area contributed by atoms with Crippen LogP contribution in [-0.4, -0.2) is 45.4 Å². The summed E-state index contributed by atoms with van der Waals surface area (Å²) in [6.07, 6.45) is 3.88. The van der Waals surface area contributed by atoms with Gasteiger partial charge in [0.25, 0.3) is 0 Å². The molecule has 1 atom stereocenters. The number of aromatic amines is 1. The lowest BCUT2D eigenvalue weighted by atomic mass is 9.97. The number of carbonyl (C=O) groups is 1. The third-order valence-electron chi connectivity index (χ3n) is 4.65. The minimum absolute atomic E-state index is 0.148. The molecular weight excluding hydrogens is 304 g/mol. The summed E-state index contributed by atoms with van der Waals surface area (Å²) in [7, 11) is 0. The molecule has 1 fully saturated rings. The van der Waals surface area contributed by atoms with Gasteiger partial charge in [0.2, 0.25) is 5.89 Å². The summed E-state index contributed by atoms with van der Waals surface area (Å²) in [5.74, 6) is 1.72. The van der Waals surface area contributed by atoms with Crippen molar-refractivity contribution in [3.63, 3.8) is 0 Å². The van der Waals surface area contributed by atoms with Crippen molar-refractivity contribution < 1.29 is 9.32 Å². The van der Waals surface area contributed by atoms with Crippen LogP contribution in [0.5, 0.6) is 0 Å². The van der Waals surface area contributed by atoms with Crippen LogP contribution in [0.3, 0.4) is 0 Å². The summed E-state index contributed by atoms with van der Waals surface area (Å²) < 4.78 is 5.31. The van der Waals surface area contributed by atoms with Gasteiger partial charge < -0.3 is 9.51 Å². The van der Waals surface area contributed by atoms with Crippen LogP contribution >= 0.6 is 0 Å². The average Bonchev–Trinajstić information content (AvgIpc) is 3.21. The molecule has 0 amide bonds. The maximum absolute atomic E-state index is 12.7. The highest BCUT2D eigenvalue weighted by atomic mass is 16.5. The zero-order valence-corrected chi connectivity index (χ0v) is 13.7. The van der Waals surface area contributed by atoms with Gasteiger partial charge in [0, 0.05) is 29.2 Å². The zero-order valence-electron chi connectivity index (χ0n) is 13.7. The molecule has 24 heavy (non-hydrogen) atoms. The van der Waals surface area contributed by atoms with E-state index in [-0.39, 0.29) is 11.7 Å². The number of hydrogen-bond donors (Lipinski definition) is 1. The van der Waals surface area contributed by atoms with Crippen LogP contribution in [0.2, 0.25) is 0 Å². The first kappa shape index (κ1) is 15.1. The fraction of sp³-hybridized carbons (Fsp3) is 0.389. The first-order valence-corrected chi connectivity index (χ1v) is 8.32. The molecule has 4 rings (SSSR count). The molecule has 1 saturated heterocycles. The Balaban J connectivity index is 1.47. The number of aryl methyl sites for hydroxylation is 1. The molecule has 0 saturated carbocycles. The summed E-state index contributed by atoms with van der Waals surface area (Å²) in [6.45, 7) is 3.97. The molecule has 0 unspecified atom stereocenters. The lowest BCUT2D eigenvalue weighted by Crippen LogP contribution is -2.38. The van der Waals surface area contributed by atoms with Crippen LogP contribution in [0.25, 0.3) is 10.9 Å². The normalized spacial score (nSPS) is 19.0. The van der Waals surface area contributed by atoms with E-state index in [1.165, 1.54) is 0 Å². The summed E-state index contributed by atoms with van der Waals surface area (Å²) >= 11 is 0. The van der Waals surface area contributed by atoms with Gasteiger partial charge in [-0.25, -0.2) is 0 Å². The number of H-pyrrole nitrogens is 1. The van der Waals surface area contributed by atoms with Crippen LogP contribution in [0.1, 0.15) is 40.8 Å². The molecule has 2 aromatic heterocycles. The fourth-order valence-corrected chi connectivity index (χ4v) is 3.47. The third kappa shape index (κ3) is 2.85. The molecule has 1 aliphatic heterocycles. The molecule has 0 bridgehead atoms. The standard InChI is InChI=1S/C18H20N4O2/c1-12-20-18(24-21-12)13-5-4-8-22(10-13)11-17(23)15-9-19-16-7-3-2-6-14(15)16/h2-3,6-7,9,13,19H,4-5,8,10-11H2,1H3/t13-/m1/s1. The van der Waals surface area contributed by atoms with Crippen LogP contribution in [0.4, 0.5) is 0 Å². The average molecular weight is 324 g/mol. The number of ketones is 1. The van der Waals surface area contributed by atoms with E-state index in [0.29, 0.717) is 18.3 Å². The predicted molar refractivity (Wildman–Crippen MR) is 90.1 cm³/mol. The number of piperidine rings is 1. The summed E-state index contributed by atoms with van der Waals surface area (Å²) in [4.78, 5) is 22.4. The molecular formula is C18H20N4O2. The topological polar surface area (TPSA) is 75.0 Å². The van der Waals surface area contributed by atoms with Crippen molar-refractivity contribution in [3.8, 4) is 0 Å². The van der Waals surface area contributed by atoms with Crippen LogP contribution in [-0.2, 0) is 0 Å². The first-order valence-electron chi connectivity index (χ1n) is 8.32. The van der Waals surface area contributed by atoms with Crippen molar-refractivity contribution >= 4 is 16.7 Å². The maximum Gasteiger partial charge on any atom is 0.231 e. The Labute approximate surface area is 139 Å². The van der Waals surface area contributed by atoms with Gasteiger partial charge in [-0.1, -0.05) is 23.4 Å². The van der Waals surface area contributed by atoms with E-state index in [0.717, 1.165) is 42.4 Å². The quantitative estimate of drug-likeness (QED) is 0.747. The van der Waals surface area contributed by atoms with Gasteiger partial charge in [0.1, 0.15) is 0 Å². The smallest absolute Gasteiger partial charge is 0.231 e. The number of para-hydroxylation sites is 1. The van der Waals surface area contributed by atoms with Crippen molar-refractivity contribution in [1.29, 1.82) is 0 Å². The van der Waals surface area contributed by atoms with E-state index in [1.807, 2.05) is 37.4 Å². The molecule has 3 heterocycles. The number of benzene rings is 1. The second kappa shape index (κ2) is 6.20. The van der Waals surface area contributed by atoms with E-state index in [2.05, 4.69) is 20.0 Å². The summed E-state index contributed by atoms with van der Waals surface area (Å²) in [5, 5.41) is 4.87. The van der Waals surface area contributed by atoms with Crippen LogP contribution < -0.4 is 0 Å². The maximum atomic E-state index is 12.7. The number of nitrogens with one attached hydrogen (secondary N) is 1. The molecule has 124 valence electrons. The van der Waals surface area contributed by atoms with Crippen molar-refractivity contribution in [3.05, 3.63) is 47.7 Å². The van der Waals surface area contributed by atoms with Gasteiger partial charge in [-0.3, -0.25) is 9.69 Å². The largest absolute Gasteiger partial charge is 0.360 e. The minimum Gasteiger partial charge on any atom is -0.360 e. The van der Waals surface area contributed by atoms with Crippen LogP contribution in [0, 0.1) is 6.92 Å². The van der Waals surface area contributed by atoms with Crippen molar-refractivity contribution in [2.75, 3.05) is 19.6 Å². The number of fused-ring (bicyclic) bond motifs is 1. The van der Waals surface area contributed by atoms with Crippen molar-refractivity contribution in [2.45, 2.75) is 25.7 Å². The van der Waals surface area contributed by atoms with Gasteiger partial charge in [-0.15, -0.1) is 0 Å². The Morgan fingerprint density at radius 2 is 2.29 bits per heavy atom. The fourth-order valence-electron chi connectivity index (χ4n) is 3.47. The number of Topliss-reactive ketones (excluding diaryl/α,β-unsaturated/α-hetero) is 1. The minimum atomic E-state index is 0.148. The molecule has 0 spiro atoms. The van der Waals surface area contributed by atoms with Gasteiger partial charge >= 0.3 is 0 Å². The Bertz CT molecular complexity index is 867. The van der Waals surface area contributed by atoms with Gasteiger partial charge in [-0.2, -0.15) is 4.98 Å². The highest BCUT2D eigenvalue weighted by Gasteiger charge is 2.27. The third-order valence-corrected chi connectivity index (χ3v) is 4.65. The van der Waals surface area contributed by atoms with Gasteiger partial charge in [0.05, 0.1) is 12.5 Å². The van der Waals surface area contributed by atoms with Gasteiger partial charge in [0.15, 0.2) is 11.6 Å². The molecule has 1 aliphatic rings. The Kier molecular flexibility index (Phi) is 3.90. The Hall–Kier alpha value is -2.47. The molecule has 1 aromatic carbocycles. The summed E-state index contributed by atoms with van der Waals surface area (Å²) in [6, 6.07) is 7.90. The Morgan fingerprint density at radius 3 is 3.12 bits per heavy atom. The number of rotatable bonds is 4. The molecule has 6 nitrogen and oxygen atoms in total. The first-order chi connectivity index (χ1) is 11.7. The number of likely N-dealkylation sites (tertiary alicyclic amines) is 1. The molecule has 0 aliphatic carbocycles. The lowest BCUT2D eigenvalue weighted by molar-refractivity contribution is 0.0900. The van der Waals surface area contributed by atoms with E-state index in [9.17, 15) is 4.79 Å². The van der Waals surface area contributed by atoms with E-state index in [4.69, 9.17) is 4.52 Å². The van der Waals surface area contributed by atoms with Crippen LogP contribution in [0.15, 0.2) is 35.0 Å². The van der Waals surface area contributed by atoms with E-state index < -0.39 is 0 Å². The number of carbonyl (C=O) groups excluding carboxylic acids is 1. The number of nitrogens with zero attached hydrogens (tertiary/aromatic N) is 3. The van der Waals surface area contributed by atoms with E-state index >= 15 is 0 Å². The lowest BCUT2D eigenvalue weighted by Gasteiger charge is -2.30. The monoisotopic (exact) mass is 324 g/mol. The zero-order chi connectivity index (χ0) is 16.5. The second-order valence-corrected chi connectivity index (χ2v) is 6.43. The molecule has 0 radical (unpaired) electrons. The van der Waals surface area contributed by atoms with E-state index in [1.54, 1.807) is 0 Å². The predicted octanol–water partition coefficient (Wildman–Crippen LogP) is 2.92. The highest BCUT2D eigenvalue weighted by molar-refractivity contribution is 6.08. The van der Waals surface area contributed by atoms with Crippen molar-refractivity contribution in [2.24, 2.45) is 0 Å². The molecule has 1 N–H and O–H groups in total. The number of aromatic nitrogens is 3. The van der Waals surface area contributed by atoms with Crippen molar-refractivity contribution in [1.82, 2.24) is 20.0 Å². The Morgan fingerprint density at radius 1 is 1.42 bits per heavy atom. The SMILES string of the molecule is Cc1noc([C@@H]2CCCN(CC(=O)c3c[nH]c4ccccc34)C2)n1. The molecule has 3 aromatic rings.